The van der Waals surface area contributed by atoms with Crippen LogP contribution in [0.25, 0.3) is 0 Å². The average Bonchev–Trinajstić information content (AvgIpc) is 3.16. The van der Waals surface area contributed by atoms with Crippen molar-refractivity contribution in [2.45, 2.75) is 115 Å². The molecule has 0 spiro atoms. The average molecular weight is 613 g/mol. The molecule has 2 atom stereocenters. The second-order valence-corrected chi connectivity index (χ2v) is 15.7. The molecule has 0 fully saturated rings. The first-order valence-electron chi connectivity index (χ1n) is 15.6. The van der Waals surface area contributed by atoms with Gasteiger partial charge in [0.2, 0.25) is 0 Å². The first kappa shape index (κ1) is 34.4. The van der Waals surface area contributed by atoms with E-state index in [-0.39, 0.29) is 28.2 Å². The number of benzene rings is 3. The minimum Gasteiger partial charge on any atom is -0.382 e. The quantitative estimate of drug-likeness (QED) is 0.215. The summed E-state index contributed by atoms with van der Waals surface area (Å²) in [4.78, 5) is 38.6. The zero-order valence-corrected chi connectivity index (χ0v) is 28.3. The van der Waals surface area contributed by atoms with Crippen molar-refractivity contribution in [2.75, 3.05) is 0 Å². The molecule has 0 saturated carbocycles. The van der Waals surface area contributed by atoms with E-state index < -0.39 is 22.2 Å². The summed E-state index contributed by atoms with van der Waals surface area (Å²) in [5, 5.41) is 31.0. The molecule has 1 aliphatic carbocycles. The maximum Gasteiger partial charge on any atom is 0.193 e. The molecule has 3 aromatic rings. The molecule has 6 heteroatoms. The summed E-state index contributed by atoms with van der Waals surface area (Å²) in [5.41, 5.74) is -0.106. The van der Waals surface area contributed by atoms with Crippen LogP contribution in [0.15, 0.2) is 66.7 Å². The summed E-state index contributed by atoms with van der Waals surface area (Å²) < 4.78 is 0. The molecule has 3 aromatic carbocycles. The van der Waals surface area contributed by atoms with Gasteiger partial charge in [0.05, 0.1) is 0 Å². The highest BCUT2D eigenvalue weighted by molar-refractivity contribution is 6.03. The van der Waals surface area contributed by atoms with Crippen LogP contribution >= 0.6 is 0 Å². The number of Topliss-reactive ketones (excluding diaryl/α,β-unsaturated/α-hetero) is 3. The molecule has 45 heavy (non-hydrogen) atoms. The fourth-order valence-electron chi connectivity index (χ4n) is 7.25. The first-order valence-corrected chi connectivity index (χ1v) is 15.6. The standard InChI is InChI=1S/C39H48O6/c1-34(2,27-16-11-24(12-17-27)31(40)35(3,4)43)22-38(9)23-39(10,28-18-13-25(14-19-28)32(41)36(5,6)44)30-21-26(15-20-29(30)38)33(42)37(7,8)45/h11-21,43-45H,22-23H2,1-10H3. The van der Waals surface area contributed by atoms with Gasteiger partial charge in [0.15, 0.2) is 17.3 Å². The van der Waals surface area contributed by atoms with Crippen molar-refractivity contribution in [2.24, 2.45) is 0 Å². The predicted octanol–water partition coefficient (Wildman–Crippen LogP) is 6.88. The van der Waals surface area contributed by atoms with E-state index in [1.54, 1.807) is 30.3 Å². The van der Waals surface area contributed by atoms with Gasteiger partial charge in [-0.25, -0.2) is 0 Å². The molecule has 1 aliphatic rings. The number of carbonyl (C=O) groups is 3. The molecular formula is C39H48O6. The van der Waals surface area contributed by atoms with E-state index in [0.717, 1.165) is 35.1 Å². The molecule has 6 nitrogen and oxygen atoms in total. The van der Waals surface area contributed by atoms with Gasteiger partial charge in [0.1, 0.15) is 16.8 Å². The summed E-state index contributed by atoms with van der Waals surface area (Å²) in [7, 11) is 0. The fourth-order valence-corrected chi connectivity index (χ4v) is 7.25. The number of aliphatic hydroxyl groups is 3. The van der Waals surface area contributed by atoms with Gasteiger partial charge >= 0.3 is 0 Å². The molecule has 0 aliphatic heterocycles. The van der Waals surface area contributed by atoms with Gasteiger partial charge in [-0.1, -0.05) is 88.4 Å². The van der Waals surface area contributed by atoms with E-state index in [4.69, 9.17) is 0 Å². The zero-order valence-electron chi connectivity index (χ0n) is 28.3. The predicted molar refractivity (Wildman–Crippen MR) is 177 cm³/mol. The number of carbonyl (C=O) groups excluding carboxylic acids is 3. The summed E-state index contributed by atoms with van der Waals surface area (Å²) in [6.45, 7) is 17.7. The summed E-state index contributed by atoms with van der Waals surface area (Å²) >= 11 is 0. The van der Waals surface area contributed by atoms with Gasteiger partial charge in [0, 0.05) is 22.1 Å². The van der Waals surface area contributed by atoms with E-state index in [1.165, 1.54) is 41.5 Å². The van der Waals surface area contributed by atoms with Crippen molar-refractivity contribution < 1.29 is 29.7 Å². The van der Waals surface area contributed by atoms with Gasteiger partial charge in [-0.2, -0.15) is 0 Å². The number of hydrogen-bond donors (Lipinski definition) is 3. The number of ketones is 3. The lowest BCUT2D eigenvalue weighted by Gasteiger charge is -2.38. The highest BCUT2D eigenvalue weighted by atomic mass is 16.3. The van der Waals surface area contributed by atoms with Crippen molar-refractivity contribution in [1.29, 1.82) is 0 Å². The Kier molecular flexibility index (Phi) is 8.50. The van der Waals surface area contributed by atoms with Crippen molar-refractivity contribution >= 4 is 17.3 Å². The van der Waals surface area contributed by atoms with Crippen LogP contribution < -0.4 is 0 Å². The minimum atomic E-state index is -1.52. The molecule has 0 aromatic heterocycles. The third-order valence-corrected chi connectivity index (χ3v) is 9.48. The maximum absolute atomic E-state index is 13.2. The molecule has 3 N–H and O–H groups in total. The van der Waals surface area contributed by atoms with Crippen LogP contribution in [-0.2, 0) is 16.2 Å². The van der Waals surface area contributed by atoms with Crippen molar-refractivity contribution in [3.63, 3.8) is 0 Å². The summed E-state index contributed by atoms with van der Waals surface area (Å²) in [5.74, 6) is -1.04. The summed E-state index contributed by atoms with van der Waals surface area (Å²) in [6, 6.07) is 20.6. The highest BCUT2D eigenvalue weighted by Gasteiger charge is 2.50. The Bertz CT molecular complexity index is 1630. The van der Waals surface area contributed by atoms with Crippen LogP contribution in [-0.4, -0.2) is 49.5 Å². The molecule has 2 unspecified atom stereocenters. The second-order valence-electron chi connectivity index (χ2n) is 15.7. The van der Waals surface area contributed by atoms with E-state index in [1.807, 2.05) is 36.4 Å². The molecule has 0 radical (unpaired) electrons. The lowest BCUT2D eigenvalue weighted by molar-refractivity contribution is 0.0487. The Hall–Kier alpha value is -3.45. The smallest absolute Gasteiger partial charge is 0.193 e. The molecule has 0 saturated heterocycles. The Morgan fingerprint density at radius 1 is 0.600 bits per heavy atom. The third kappa shape index (κ3) is 6.60. The minimum absolute atomic E-state index is 0.307. The van der Waals surface area contributed by atoms with E-state index >= 15 is 0 Å². The second kappa shape index (κ2) is 11.1. The Morgan fingerprint density at radius 2 is 1.00 bits per heavy atom. The van der Waals surface area contributed by atoms with Gasteiger partial charge in [-0.15, -0.1) is 0 Å². The lowest BCUT2D eigenvalue weighted by atomic mass is 9.66. The van der Waals surface area contributed by atoms with Crippen LogP contribution in [0, 0.1) is 0 Å². The normalized spacial score (nSPS) is 20.6. The molecular weight excluding hydrogens is 564 g/mol. The van der Waals surface area contributed by atoms with Gasteiger partial charge in [0.25, 0.3) is 0 Å². The third-order valence-electron chi connectivity index (χ3n) is 9.48. The topological polar surface area (TPSA) is 112 Å². The van der Waals surface area contributed by atoms with E-state index in [0.29, 0.717) is 16.7 Å². The monoisotopic (exact) mass is 612 g/mol. The van der Waals surface area contributed by atoms with Crippen LogP contribution in [0.5, 0.6) is 0 Å². The number of fused-ring (bicyclic) bond motifs is 1. The number of hydrogen-bond acceptors (Lipinski definition) is 6. The molecule has 240 valence electrons. The van der Waals surface area contributed by atoms with Crippen LogP contribution in [0.4, 0.5) is 0 Å². The van der Waals surface area contributed by atoms with Crippen molar-refractivity contribution in [1.82, 2.24) is 0 Å². The molecule has 0 heterocycles. The van der Waals surface area contributed by atoms with Gasteiger partial charge in [-0.3, -0.25) is 14.4 Å². The Balaban J connectivity index is 1.79. The molecule has 0 amide bonds. The van der Waals surface area contributed by atoms with Crippen molar-refractivity contribution in [3.8, 4) is 0 Å². The maximum atomic E-state index is 13.2. The summed E-state index contributed by atoms with van der Waals surface area (Å²) in [6.07, 6.45) is 1.49. The highest BCUT2D eigenvalue weighted by Crippen LogP contribution is 2.57. The lowest BCUT2D eigenvalue weighted by Crippen LogP contribution is -2.33. The van der Waals surface area contributed by atoms with Gasteiger partial charge in [-0.05, 0) is 93.5 Å². The number of rotatable bonds is 10. The van der Waals surface area contributed by atoms with Crippen LogP contribution in [0.2, 0.25) is 0 Å². The Labute approximate surface area is 267 Å². The van der Waals surface area contributed by atoms with Crippen molar-refractivity contribution in [3.05, 3.63) is 106 Å². The first-order chi connectivity index (χ1) is 20.4. The molecule has 0 bridgehead atoms. The molecule has 4 rings (SSSR count). The largest absolute Gasteiger partial charge is 0.382 e. The van der Waals surface area contributed by atoms with Gasteiger partial charge < -0.3 is 15.3 Å². The van der Waals surface area contributed by atoms with E-state index in [2.05, 4.69) is 27.7 Å². The zero-order chi connectivity index (χ0) is 34.0. The van der Waals surface area contributed by atoms with E-state index in [9.17, 15) is 29.7 Å². The SMILES string of the molecule is CC(C)(O)C(=O)c1ccc(C(C)(C)CC2(C)CC(C)(c3ccc(C(=O)C(C)(C)O)cc3)c3cc(C(=O)C(C)(C)O)ccc32)cc1. The van der Waals surface area contributed by atoms with Crippen LogP contribution in [0.3, 0.4) is 0 Å². The van der Waals surface area contributed by atoms with Crippen LogP contribution in [0.1, 0.15) is 135 Å². The fraction of sp³-hybridized carbons (Fsp3) is 0.462. The Morgan fingerprint density at radius 3 is 1.44 bits per heavy atom.